The van der Waals surface area contributed by atoms with Crippen LogP contribution in [0, 0.1) is 0 Å². The number of hydrogen-bond acceptors (Lipinski definition) is 1. The standard InChI is InChI=1S/C6H13OP/c1-5-8(3,4)6(2)7/h3,5H2,1-2,4H3. The minimum absolute atomic E-state index is 0.278. The summed E-state index contributed by atoms with van der Waals surface area (Å²) < 4.78 is 0. The van der Waals surface area contributed by atoms with Crippen molar-refractivity contribution >= 4 is 18.7 Å². The van der Waals surface area contributed by atoms with Gasteiger partial charge >= 0.3 is 0 Å². The molecule has 48 valence electrons. The number of carbonyl (C=O) groups excluding carboxylic acids is 1. The molecule has 0 saturated heterocycles. The van der Waals surface area contributed by atoms with Gasteiger partial charge in [-0.25, -0.2) is 0 Å². The maximum absolute atomic E-state index is 10.7. The Labute approximate surface area is 51.1 Å². The largest absolute Gasteiger partial charge is 0.295 e. The van der Waals surface area contributed by atoms with E-state index < -0.39 is 6.89 Å². The zero-order valence-electron chi connectivity index (χ0n) is 5.77. The third kappa shape index (κ3) is 1.83. The summed E-state index contributed by atoms with van der Waals surface area (Å²) in [6, 6.07) is 0. The van der Waals surface area contributed by atoms with Crippen LogP contribution in [0.5, 0.6) is 0 Å². The molecule has 0 rings (SSSR count). The Morgan fingerprint density at radius 1 is 1.75 bits per heavy atom. The van der Waals surface area contributed by atoms with Gasteiger partial charge in [-0.15, -0.1) is 0 Å². The van der Waals surface area contributed by atoms with Crippen molar-refractivity contribution in [3.63, 3.8) is 0 Å². The molecule has 1 unspecified atom stereocenters. The summed E-state index contributed by atoms with van der Waals surface area (Å²) in [4.78, 5) is 10.7. The quantitative estimate of drug-likeness (QED) is 0.522. The Morgan fingerprint density at radius 3 is 2.12 bits per heavy atom. The van der Waals surface area contributed by atoms with Crippen LogP contribution in [0.2, 0.25) is 0 Å². The van der Waals surface area contributed by atoms with Gasteiger partial charge in [0, 0.05) is 0 Å². The van der Waals surface area contributed by atoms with Crippen molar-refractivity contribution in [3.05, 3.63) is 0 Å². The Kier molecular flexibility index (Phi) is 2.49. The van der Waals surface area contributed by atoms with Crippen LogP contribution in [0.1, 0.15) is 13.8 Å². The van der Waals surface area contributed by atoms with Crippen LogP contribution >= 0.6 is 6.89 Å². The molecule has 0 N–H and O–H groups in total. The van der Waals surface area contributed by atoms with E-state index in [2.05, 4.69) is 6.30 Å². The van der Waals surface area contributed by atoms with Gasteiger partial charge in [-0.1, -0.05) is 20.1 Å². The highest BCUT2D eigenvalue weighted by atomic mass is 31.2. The molecule has 1 nitrogen and oxygen atoms in total. The Hall–Kier alpha value is -0.0300. The highest BCUT2D eigenvalue weighted by molar-refractivity contribution is 7.88. The van der Waals surface area contributed by atoms with Gasteiger partial charge < -0.3 is 0 Å². The zero-order chi connectivity index (χ0) is 6.78. The summed E-state index contributed by atoms with van der Waals surface area (Å²) in [6.07, 6.45) is 4.78. The summed E-state index contributed by atoms with van der Waals surface area (Å²) >= 11 is 0. The summed E-state index contributed by atoms with van der Waals surface area (Å²) in [7, 11) is 0. The normalized spacial score (nSPS) is 17.4. The van der Waals surface area contributed by atoms with Crippen LogP contribution in [0.4, 0.5) is 0 Å². The number of hydrogen-bond donors (Lipinski definition) is 0. The van der Waals surface area contributed by atoms with Gasteiger partial charge in [-0.3, -0.25) is 4.79 Å². The van der Waals surface area contributed by atoms with Crippen LogP contribution in [-0.2, 0) is 4.79 Å². The molecule has 0 heterocycles. The molecule has 0 aliphatic carbocycles. The Morgan fingerprint density at radius 2 is 2.12 bits per heavy atom. The lowest BCUT2D eigenvalue weighted by Crippen LogP contribution is -1.93. The topological polar surface area (TPSA) is 17.1 Å². The highest BCUT2D eigenvalue weighted by Gasteiger charge is 2.08. The molecule has 2 heteroatoms. The minimum Gasteiger partial charge on any atom is -0.295 e. The Balaban J connectivity index is 4.15. The summed E-state index contributed by atoms with van der Waals surface area (Å²) in [5, 5.41) is 0. The van der Waals surface area contributed by atoms with Crippen LogP contribution < -0.4 is 0 Å². The first-order valence-electron chi connectivity index (χ1n) is 2.71. The van der Waals surface area contributed by atoms with E-state index in [-0.39, 0.29) is 5.52 Å². The zero-order valence-corrected chi connectivity index (χ0v) is 6.66. The van der Waals surface area contributed by atoms with Crippen molar-refractivity contribution in [2.24, 2.45) is 0 Å². The molecule has 0 aromatic carbocycles. The second-order valence-corrected chi connectivity index (χ2v) is 6.29. The third-order valence-corrected chi connectivity index (χ3v) is 4.37. The lowest BCUT2D eigenvalue weighted by Gasteiger charge is -2.09. The molecule has 0 aliphatic heterocycles. The monoisotopic (exact) mass is 132 g/mol. The van der Waals surface area contributed by atoms with Crippen molar-refractivity contribution in [3.8, 4) is 0 Å². The van der Waals surface area contributed by atoms with Gasteiger partial charge in [-0.05, 0) is 19.8 Å². The molecular formula is C6H13OP. The molecule has 0 aromatic rings. The fourth-order valence-electron chi connectivity index (χ4n) is 0.223. The van der Waals surface area contributed by atoms with E-state index >= 15 is 0 Å². The summed E-state index contributed by atoms with van der Waals surface area (Å²) in [6.45, 7) is 4.23. The minimum atomic E-state index is -1.38. The van der Waals surface area contributed by atoms with Crippen molar-refractivity contribution in [1.82, 2.24) is 0 Å². The van der Waals surface area contributed by atoms with Crippen LogP contribution in [0.15, 0.2) is 0 Å². The average Bonchev–Trinajstić information content (AvgIpc) is 1.67. The smallest absolute Gasteiger partial charge is 0.150 e. The fraction of sp³-hybridized carbons (Fsp3) is 0.667. The lowest BCUT2D eigenvalue weighted by atomic mass is 10.9. The van der Waals surface area contributed by atoms with Crippen molar-refractivity contribution in [1.29, 1.82) is 0 Å². The third-order valence-electron chi connectivity index (χ3n) is 1.46. The van der Waals surface area contributed by atoms with Gasteiger partial charge in [0.05, 0.1) is 0 Å². The van der Waals surface area contributed by atoms with E-state index in [0.29, 0.717) is 0 Å². The molecule has 0 aliphatic rings. The van der Waals surface area contributed by atoms with Crippen molar-refractivity contribution < 1.29 is 4.79 Å². The molecule has 0 fully saturated rings. The SMILES string of the molecule is C=P(C)(CC)C(C)=O. The van der Waals surface area contributed by atoms with Crippen molar-refractivity contribution in [2.45, 2.75) is 13.8 Å². The lowest BCUT2D eigenvalue weighted by molar-refractivity contribution is -0.109. The second kappa shape index (κ2) is 2.50. The summed E-state index contributed by atoms with van der Waals surface area (Å²) in [5.74, 6) is 0. The highest BCUT2D eigenvalue weighted by Crippen LogP contribution is 2.39. The van der Waals surface area contributed by atoms with Gasteiger partial charge in [0.15, 0.2) is 0 Å². The first-order chi connectivity index (χ1) is 3.50. The van der Waals surface area contributed by atoms with E-state index in [1.807, 2.05) is 13.6 Å². The average molecular weight is 132 g/mol. The maximum atomic E-state index is 10.7. The second-order valence-electron chi connectivity index (χ2n) is 2.23. The molecule has 0 saturated carbocycles. The number of carbonyl (C=O) groups is 1. The fourth-order valence-corrected chi connectivity index (χ4v) is 0.668. The molecule has 0 radical (unpaired) electrons. The molecule has 0 spiro atoms. The molecule has 1 atom stereocenters. The first kappa shape index (κ1) is 7.97. The van der Waals surface area contributed by atoms with E-state index in [9.17, 15) is 4.79 Å². The summed E-state index contributed by atoms with van der Waals surface area (Å²) in [5.41, 5.74) is 0.278. The van der Waals surface area contributed by atoms with Crippen molar-refractivity contribution in [2.75, 3.05) is 12.8 Å². The first-order valence-corrected chi connectivity index (χ1v) is 5.32. The molecule has 0 amide bonds. The molecule has 0 aromatic heterocycles. The van der Waals surface area contributed by atoms with E-state index in [1.54, 1.807) is 6.92 Å². The van der Waals surface area contributed by atoms with E-state index in [0.717, 1.165) is 6.16 Å². The Bertz CT molecular complexity index is 137. The van der Waals surface area contributed by atoms with Crippen LogP contribution in [0.25, 0.3) is 0 Å². The molecule has 0 bridgehead atoms. The van der Waals surface area contributed by atoms with Gasteiger partial charge in [0.2, 0.25) is 0 Å². The van der Waals surface area contributed by atoms with Crippen LogP contribution in [-0.4, -0.2) is 24.7 Å². The predicted octanol–water partition coefficient (Wildman–Crippen LogP) is 1.63. The van der Waals surface area contributed by atoms with Crippen LogP contribution in [0.3, 0.4) is 0 Å². The molecule has 8 heavy (non-hydrogen) atoms. The van der Waals surface area contributed by atoms with E-state index in [1.165, 1.54) is 0 Å². The van der Waals surface area contributed by atoms with Gasteiger partial charge in [0.25, 0.3) is 0 Å². The maximum Gasteiger partial charge on any atom is 0.150 e. The van der Waals surface area contributed by atoms with Gasteiger partial charge in [-0.2, -0.15) is 0 Å². The van der Waals surface area contributed by atoms with Gasteiger partial charge in [0.1, 0.15) is 5.52 Å². The number of rotatable bonds is 2. The molecular weight excluding hydrogens is 119 g/mol. The van der Waals surface area contributed by atoms with E-state index in [4.69, 9.17) is 0 Å². The predicted molar refractivity (Wildman–Crippen MR) is 41.2 cm³/mol.